The smallest absolute Gasteiger partial charge is 0.307 e. The van der Waals surface area contributed by atoms with Gasteiger partial charge in [-0.1, -0.05) is 27.2 Å². The molecular weight excluding hydrogens is 230 g/mol. The lowest BCUT2D eigenvalue weighted by atomic mass is 10.1. The van der Waals surface area contributed by atoms with E-state index in [1.165, 1.54) is 0 Å². The Hall–Kier alpha value is -0.620. The van der Waals surface area contributed by atoms with E-state index >= 15 is 0 Å². The molecule has 0 radical (unpaired) electrons. The zero-order valence-electron chi connectivity index (χ0n) is 10.1. The van der Waals surface area contributed by atoms with Crippen molar-refractivity contribution >= 4 is 16.0 Å². The fraction of sp³-hybridized carbons (Fsp3) is 0.900. The first-order valence-corrected chi connectivity index (χ1v) is 7.13. The molecule has 0 aliphatic heterocycles. The van der Waals surface area contributed by atoms with E-state index in [-0.39, 0.29) is 18.2 Å². The van der Waals surface area contributed by atoms with E-state index in [0.717, 1.165) is 6.42 Å². The van der Waals surface area contributed by atoms with Gasteiger partial charge in [-0.2, -0.15) is 0 Å². The molecule has 0 aromatic rings. The highest BCUT2D eigenvalue weighted by Gasteiger charge is 2.20. The second kappa shape index (κ2) is 6.85. The number of carboxylic acid groups (broad SMARTS) is 1. The van der Waals surface area contributed by atoms with Crippen LogP contribution in [0.15, 0.2) is 0 Å². The number of hydrogen-bond acceptors (Lipinski definition) is 3. The van der Waals surface area contributed by atoms with Crippen LogP contribution in [0.1, 0.15) is 33.6 Å². The van der Waals surface area contributed by atoms with Gasteiger partial charge in [0.1, 0.15) is 0 Å². The lowest BCUT2D eigenvalue weighted by molar-refractivity contribution is -0.141. The normalized spacial score (nSPS) is 14.0. The number of nitrogens with one attached hydrogen (secondary N) is 1. The molecule has 16 heavy (non-hydrogen) atoms. The third-order valence-electron chi connectivity index (χ3n) is 2.09. The number of rotatable bonds is 8. The van der Waals surface area contributed by atoms with Gasteiger partial charge in [-0.3, -0.25) is 4.79 Å². The zero-order valence-corrected chi connectivity index (χ0v) is 10.9. The van der Waals surface area contributed by atoms with Crippen LogP contribution in [0, 0.1) is 11.8 Å². The molecule has 5 nitrogen and oxygen atoms in total. The SMILES string of the molecule is CCCC(CNS(=O)(=O)CC(C)C)C(=O)O. The fourth-order valence-corrected chi connectivity index (χ4v) is 2.84. The molecule has 0 aliphatic carbocycles. The Bertz CT molecular complexity index is 311. The van der Waals surface area contributed by atoms with Crippen LogP contribution in [0.3, 0.4) is 0 Å². The maximum atomic E-state index is 11.5. The van der Waals surface area contributed by atoms with Crippen LogP contribution in [0.4, 0.5) is 0 Å². The predicted octanol–water partition coefficient (Wildman–Crippen LogP) is 1.06. The fourth-order valence-electron chi connectivity index (χ4n) is 1.39. The maximum Gasteiger partial charge on any atom is 0.307 e. The van der Waals surface area contributed by atoms with Crippen molar-refractivity contribution in [2.75, 3.05) is 12.3 Å². The molecular formula is C10H21NO4S. The van der Waals surface area contributed by atoms with Gasteiger partial charge in [0.15, 0.2) is 0 Å². The zero-order chi connectivity index (χ0) is 12.8. The summed E-state index contributed by atoms with van der Waals surface area (Å²) >= 11 is 0. The van der Waals surface area contributed by atoms with Crippen LogP contribution in [0.25, 0.3) is 0 Å². The summed E-state index contributed by atoms with van der Waals surface area (Å²) in [5, 5.41) is 8.85. The molecule has 0 rings (SSSR count). The van der Waals surface area contributed by atoms with Crippen molar-refractivity contribution in [1.29, 1.82) is 0 Å². The van der Waals surface area contributed by atoms with E-state index in [2.05, 4.69) is 4.72 Å². The maximum absolute atomic E-state index is 11.5. The van der Waals surface area contributed by atoms with Crippen molar-refractivity contribution in [3.63, 3.8) is 0 Å². The summed E-state index contributed by atoms with van der Waals surface area (Å²) in [5.41, 5.74) is 0. The Kier molecular flexibility index (Phi) is 6.59. The summed E-state index contributed by atoms with van der Waals surface area (Å²) in [7, 11) is -3.34. The van der Waals surface area contributed by atoms with Gasteiger partial charge in [-0.05, 0) is 12.3 Å². The van der Waals surface area contributed by atoms with Gasteiger partial charge in [-0.25, -0.2) is 13.1 Å². The van der Waals surface area contributed by atoms with Crippen LogP contribution in [0.5, 0.6) is 0 Å². The summed E-state index contributed by atoms with van der Waals surface area (Å²) in [5.74, 6) is -1.51. The third kappa shape index (κ3) is 6.79. The van der Waals surface area contributed by atoms with Gasteiger partial charge in [0, 0.05) is 6.54 Å². The average Bonchev–Trinajstić information content (AvgIpc) is 2.09. The van der Waals surface area contributed by atoms with E-state index < -0.39 is 21.9 Å². The number of carboxylic acids is 1. The molecule has 0 heterocycles. The first kappa shape index (κ1) is 15.4. The van der Waals surface area contributed by atoms with E-state index in [1.807, 2.05) is 6.92 Å². The topological polar surface area (TPSA) is 83.5 Å². The standard InChI is InChI=1S/C10H21NO4S/c1-4-5-9(10(12)13)6-11-16(14,15)7-8(2)3/h8-9,11H,4-7H2,1-3H3,(H,12,13). The highest BCUT2D eigenvalue weighted by Crippen LogP contribution is 2.06. The Labute approximate surface area is 97.3 Å². The van der Waals surface area contributed by atoms with Crippen molar-refractivity contribution < 1.29 is 18.3 Å². The minimum atomic E-state index is -3.34. The lowest BCUT2D eigenvalue weighted by Gasteiger charge is -2.13. The first-order valence-electron chi connectivity index (χ1n) is 5.48. The number of sulfonamides is 1. The van der Waals surface area contributed by atoms with Crippen LogP contribution in [-0.2, 0) is 14.8 Å². The van der Waals surface area contributed by atoms with E-state index in [1.54, 1.807) is 13.8 Å². The molecule has 0 amide bonds. The summed E-state index contributed by atoms with van der Waals surface area (Å²) < 4.78 is 25.3. The quantitative estimate of drug-likeness (QED) is 0.675. The molecule has 0 aromatic carbocycles. The highest BCUT2D eigenvalue weighted by molar-refractivity contribution is 7.89. The second-order valence-electron chi connectivity index (χ2n) is 4.35. The van der Waals surface area contributed by atoms with Crippen LogP contribution < -0.4 is 4.72 Å². The summed E-state index contributed by atoms with van der Waals surface area (Å²) in [6, 6.07) is 0. The monoisotopic (exact) mass is 251 g/mol. The lowest BCUT2D eigenvalue weighted by Crippen LogP contribution is -2.35. The summed E-state index contributed by atoms with van der Waals surface area (Å²) in [6.45, 7) is 5.47. The van der Waals surface area contributed by atoms with Gasteiger partial charge in [0.25, 0.3) is 0 Å². The molecule has 0 spiro atoms. The third-order valence-corrected chi connectivity index (χ3v) is 3.80. The molecule has 96 valence electrons. The van der Waals surface area contributed by atoms with Gasteiger partial charge < -0.3 is 5.11 Å². The molecule has 1 unspecified atom stereocenters. The minimum Gasteiger partial charge on any atom is -0.481 e. The molecule has 6 heteroatoms. The molecule has 0 saturated heterocycles. The van der Waals surface area contributed by atoms with E-state index in [4.69, 9.17) is 5.11 Å². The van der Waals surface area contributed by atoms with Crippen molar-refractivity contribution in [2.24, 2.45) is 11.8 Å². The van der Waals surface area contributed by atoms with Gasteiger partial charge in [-0.15, -0.1) is 0 Å². The largest absolute Gasteiger partial charge is 0.481 e. The summed E-state index contributed by atoms with van der Waals surface area (Å²) in [6.07, 6.45) is 1.21. The summed E-state index contributed by atoms with van der Waals surface area (Å²) in [4.78, 5) is 10.8. The number of carbonyl (C=O) groups is 1. The Balaban J connectivity index is 4.24. The van der Waals surface area contributed by atoms with Gasteiger partial charge in [0.2, 0.25) is 10.0 Å². The van der Waals surface area contributed by atoms with E-state index in [9.17, 15) is 13.2 Å². The highest BCUT2D eigenvalue weighted by atomic mass is 32.2. The number of hydrogen-bond donors (Lipinski definition) is 2. The van der Waals surface area contributed by atoms with Gasteiger partial charge in [0.05, 0.1) is 11.7 Å². The predicted molar refractivity (Wildman–Crippen MR) is 62.7 cm³/mol. The Morgan fingerprint density at radius 2 is 1.94 bits per heavy atom. The molecule has 1 atom stereocenters. The van der Waals surface area contributed by atoms with E-state index in [0.29, 0.717) is 6.42 Å². The van der Waals surface area contributed by atoms with Crippen molar-refractivity contribution in [3.05, 3.63) is 0 Å². The van der Waals surface area contributed by atoms with Crippen molar-refractivity contribution in [3.8, 4) is 0 Å². The van der Waals surface area contributed by atoms with Crippen LogP contribution >= 0.6 is 0 Å². The molecule has 0 aliphatic rings. The first-order chi connectivity index (χ1) is 7.28. The number of aliphatic carboxylic acids is 1. The molecule has 0 fully saturated rings. The van der Waals surface area contributed by atoms with Crippen molar-refractivity contribution in [2.45, 2.75) is 33.6 Å². The van der Waals surface area contributed by atoms with Crippen LogP contribution in [0.2, 0.25) is 0 Å². The molecule has 0 saturated carbocycles. The Morgan fingerprint density at radius 1 is 1.38 bits per heavy atom. The molecule has 2 N–H and O–H groups in total. The Morgan fingerprint density at radius 3 is 2.31 bits per heavy atom. The van der Waals surface area contributed by atoms with Crippen molar-refractivity contribution in [1.82, 2.24) is 4.72 Å². The second-order valence-corrected chi connectivity index (χ2v) is 6.20. The minimum absolute atomic E-state index is 0.0156. The molecule has 0 aromatic heterocycles. The van der Waals surface area contributed by atoms with Gasteiger partial charge >= 0.3 is 5.97 Å². The molecule has 0 bridgehead atoms. The van der Waals surface area contributed by atoms with Crippen LogP contribution in [-0.4, -0.2) is 31.8 Å². The average molecular weight is 251 g/mol.